The Morgan fingerprint density at radius 2 is 1.71 bits per heavy atom. The molecule has 3 aromatic rings. The highest BCUT2D eigenvalue weighted by molar-refractivity contribution is 8.18. The zero-order chi connectivity index (χ0) is 19.8. The van der Waals surface area contributed by atoms with Crippen LogP contribution < -0.4 is 0 Å². The van der Waals surface area contributed by atoms with E-state index in [1.54, 1.807) is 30.3 Å². The second kappa shape index (κ2) is 7.13. The van der Waals surface area contributed by atoms with Crippen LogP contribution in [0, 0.1) is 6.92 Å². The summed E-state index contributed by atoms with van der Waals surface area (Å²) < 4.78 is 2.06. The van der Waals surface area contributed by atoms with Crippen LogP contribution in [0.3, 0.4) is 0 Å². The summed E-state index contributed by atoms with van der Waals surface area (Å²) in [5, 5.41) is 0.605. The van der Waals surface area contributed by atoms with Gasteiger partial charge < -0.3 is 4.57 Å². The van der Waals surface area contributed by atoms with Gasteiger partial charge in [0.25, 0.3) is 11.1 Å². The third kappa shape index (κ3) is 3.05. The Kier molecular flexibility index (Phi) is 4.65. The van der Waals surface area contributed by atoms with Crippen molar-refractivity contribution < 1.29 is 14.4 Å². The molecule has 0 atom stereocenters. The van der Waals surface area contributed by atoms with Crippen LogP contribution >= 0.6 is 11.8 Å². The van der Waals surface area contributed by atoms with Gasteiger partial charge in [-0.05, 0) is 30.8 Å². The standard InChI is InChI=1S/C22H18N2O3S/c1-14-17(16-10-6-7-11-18(16)23(14)2)12-20-21(26)24(22(27)28-20)13-19(25)15-8-4-3-5-9-15/h3-12H,13H2,1-2H3/b20-12-. The third-order valence-corrected chi connectivity index (χ3v) is 5.90. The molecule has 5 nitrogen and oxygen atoms in total. The van der Waals surface area contributed by atoms with Gasteiger partial charge in [-0.2, -0.15) is 0 Å². The van der Waals surface area contributed by atoms with Crippen LogP contribution in [0.15, 0.2) is 59.5 Å². The van der Waals surface area contributed by atoms with Crippen LogP contribution in [0.25, 0.3) is 17.0 Å². The fourth-order valence-electron chi connectivity index (χ4n) is 3.36. The van der Waals surface area contributed by atoms with Gasteiger partial charge in [-0.3, -0.25) is 19.3 Å². The third-order valence-electron chi connectivity index (χ3n) is 4.99. The molecule has 28 heavy (non-hydrogen) atoms. The molecule has 1 fully saturated rings. The molecule has 0 spiro atoms. The van der Waals surface area contributed by atoms with Gasteiger partial charge >= 0.3 is 0 Å². The van der Waals surface area contributed by atoms with Gasteiger partial charge in [-0.15, -0.1) is 0 Å². The van der Waals surface area contributed by atoms with Crippen LogP contribution in [0.4, 0.5) is 4.79 Å². The van der Waals surface area contributed by atoms with E-state index >= 15 is 0 Å². The number of aromatic nitrogens is 1. The predicted octanol–water partition coefficient (Wildman–Crippen LogP) is 4.41. The second-order valence-corrected chi connectivity index (χ2v) is 7.63. The van der Waals surface area contributed by atoms with E-state index in [1.165, 1.54) is 0 Å². The lowest BCUT2D eigenvalue weighted by molar-refractivity contribution is -0.122. The molecule has 1 saturated heterocycles. The maximum atomic E-state index is 12.8. The van der Waals surface area contributed by atoms with Crippen LogP contribution in [-0.4, -0.2) is 32.9 Å². The van der Waals surface area contributed by atoms with Gasteiger partial charge in [-0.25, -0.2) is 0 Å². The molecule has 4 rings (SSSR count). The minimum absolute atomic E-state index is 0.249. The lowest BCUT2D eigenvalue weighted by Crippen LogP contribution is -2.33. The van der Waals surface area contributed by atoms with Crippen LogP contribution in [-0.2, 0) is 11.8 Å². The molecule has 0 bridgehead atoms. The summed E-state index contributed by atoms with van der Waals surface area (Å²) in [5.41, 5.74) is 3.46. The largest absolute Gasteiger partial charge is 0.347 e. The molecule has 2 amide bonds. The number of imide groups is 1. The first kappa shape index (κ1) is 18.3. The van der Waals surface area contributed by atoms with E-state index in [1.807, 2.05) is 44.3 Å². The van der Waals surface area contributed by atoms with Gasteiger partial charge in [0.1, 0.15) is 0 Å². The van der Waals surface area contributed by atoms with Crippen molar-refractivity contribution in [3.8, 4) is 0 Å². The Balaban J connectivity index is 1.65. The number of aryl methyl sites for hydroxylation is 1. The van der Waals surface area contributed by atoms with Crippen molar-refractivity contribution >= 4 is 45.7 Å². The summed E-state index contributed by atoms with van der Waals surface area (Å²) in [6, 6.07) is 16.6. The minimum Gasteiger partial charge on any atom is -0.347 e. The lowest BCUT2D eigenvalue weighted by atomic mass is 10.1. The van der Waals surface area contributed by atoms with Crippen molar-refractivity contribution in [2.45, 2.75) is 6.92 Å². The maximum absolute atomic E-state index is 12.8. The van der Waals surface area contributed by atoms with Crippen molar-refractivity contribution in [2.24, 2.45) is 7.05 Å². The average molecular weight is 390 g/mol. The molecule has 1 aliphatic heterocycles. The maximum Gasteiger partial charge on any atom is 0.293 e. The SMILES string of the molecule is Cc1c(/C=C2\SC(=O)N(CC(=O)c3ccccc3)C2=O)c2ccccc2n1C. The summed E-state index contributed by atoms with van der Waals surface area (Å²) in [4.78, 5) is 38.9. The van der Waals surface area contributed by atoms with Crippen molar-refractivity contribution in [3.05, 3.63) is 76.3 Å². The highest BCUT2D eigenvalue weighted by Crippen LogP contribution is 2.35. The van der Waals surface area contributed by atoms with Crippen molar-refractivity contribution in [2.75, 3.05) is 6.54 Å². The molecule has 0 saturated carbocycles. The number of carbonyl (C=O) groups is 3. The normalized spacial score (nSPS) is 15.8. The van der Waals surface area contributed by atoms with Crippen LogP contribution in [0.2, 0.25) is 0 Å². The Morgan fingerprint density at radius 3 is 2.46 bits per heavy atom. The Labute approximate surface area is 166 Å². The number of para-hydroxylation sites is 1. The number of amides is 2. The average Bonchev–Trinajstić information content (AvgIpc) is 3.12. The molecule has 1 aromatic heterocycles. The molecule has 0 unspecified atom stereocenters. The quantitative estimate of drug-likeness (QED) is 0.489. The highest BCUT2D eigenvalue weighted by atomic mass is 32.2. The van der Waals surface area contributed by atoms with Gasteiger partial charge in [0.2, 0.25) is 0 Å². The first-order valence-electron chi connectivity index (χ1n) is 8.85. The van der Waals surface area contributed by atoms with Gasteiger partial charge in [0.15, 0.2) is 5.78 Å². The number of benzene rings is 2. The summed E-state index contributed by atoms with van der Waals surface area (Å²) in [6.45, 7) is 1.73. The smallest absolute Gasteiger partial charge is 0.293 e. The number of ketones is 1. The van der Waals surface area contributed by atoms with Crippen LogP contribution in [0.1, 0.15) is 21.6 Å². The molecule has 2 aromatic carbocycles. The highest BCUT2D eigenvalue weighted by Gasteiger charge is 2.36. The van der Waals surface area contributed by atoms with E-state index in [0.29, 0.717) is 10.5 Å². The number of carbonyl (C=O) groups excluding carboxylic acids is 3. The van der Waals surface area contributed by atoms with Crippen molar-refractivity contribution in [3.63, 3.8) is 0 Å². The lowest BCUT2D eigenvalue weighted by Gasteiger charge is -2.11. The molecule has 0 aliphatic carbocycles. The van der Waals surface area contributed by atoms with Gasteiger partial charge in [0.05, 0.1) is 11.4 Å². The Hall–Kier alpha value is -3.12. The number of rotatable bonds is 4. The fourth-order valence-corrected chi connectivity index (χ4v) is 4.18. The number of hydrogen-bond acceptors (Lipinski definition) is 4. The Bertz CT molecular complexity index is 1150. The fraction of sp³-hybridized carbons (Fsp3) is 0.136. The monoisotopic (exact) mass is 390 g/mol. The van der Waals surface area contributed by atoms with E-state index in [9.17, 15) is 14.4 Å². The van der Waals surface area contributed by atoms with E-state index < -0.39 is 11.1 Å². The number of thioether (sulfide) groups is 1. The van der Waals surface area contributed by atoms with Crippen molar-refractivity contribution in [1.29, 1.82) is 0 Å². The summed E-state index contributed by atoms with van der Waals surface area (Å²) in [5.74, 6) is -0.683. The van der Waals surface area contributed by atoms with E-state index in [2.05, 4.69) is 4.57 Å². The molecule has 0 N–H and O–H groups in total. The van der Waals surface area contributed by atoms with Gasteiger partial charge in [-0.1, -0.05) is 48.5 Å². The van der Waals surface area contributed by atoms with Crippen LogP contribution in [0.5, 0.6) is 0 Å². The van der Waals surface area contributed by atoms with Gasteiger partial charge in [0, 0.05) is 34.8 Å². The zero-order valence-corrected chi connectivity index (χ0v) is 16.3. The number of nitrogens with zero attached hydrogens (tertiary/aromatic N) is 2. The second-order valence-electron chi connectivity index (χ2n) is 6.63. The summed E-state index contributed by atoms with van der Waals surface area (Å²) in [7, 11) is 1.97. The van der Waals surface area contributed by atoms with E-state index in [4.69, 9.17) is 0 Å². The minimum atomic E-state index is -0.424. The van der Waals surface area contributed by atoms with Crippen molar-refractivity contribution in [1.82, 2.24) is 9.47 Å². The molecular formula is C22H18N2O3S. The Morgan fingerprint density at radius 1 is 1.04 bits per heavy atom. The topological polar surface area (TPSA) is 59.4 Å². The molecule has 1 aliphatic rings. The number of fused-ring (bicyclic) bond motifs is 1. The summed E-state index contributed by atoms with van der Waals surface area (Å²) in [6.07, 6.45) is 1.76. The number of hydrogen-bond donors (Lipinski definition) is 0. The number of Topliss-reactive ketones (excluding diaryl/α,β-unsaturated/α-hetero) is 1. The predicted molar refractivity (Wildman–Crippen MR) is 111 cm³/mol. The zero-order valence-electron chi connectivity index (χ0n) is 15.5. The molecular weight excluding hydrogens is 372 g/mol. The molecule has 0 radical (unpaired) electrons. The molecule has 140 valence electrons. The molecule has 2 heterocycles. The van der Waals surface area contributed by atoms with E-state index in [-0.39, 0.29) is 12.3 Å². The first-order valence-corrected chi connectivity index (χ1v) is 9.66. The van der Waals surface area contributed by atoms with E-state index in [0.717, 1.165) is 38.8 Å². The first-order chi connectivity index (χ1) is 13.5. The summed E-state index contributed by atoms with van der Waals surface area (Å²) >= 11 is 0.877. The molecule has 6 heteroatoms.